The van der Waals surface area contributed by atoms with Gasteiger partial charge >= 0.3 is 30.3 Å². The average molecular weight is 776 g/mol. The Morgan fingerprint density at radius 1 is 0.500 bits per heavy atom. The van der Waals surface area contributed by atoms with Crippen LogP contribution in [0.5, 0.6) is 0 Å². The summed E-state index contributed by atoms with van der Waals surface area (Å²) in [6, 6.07) is 0. The molecule has 0 saturated heterocycles. The quantitative estimate of drug-likeness (QED) is 0.0455. The molecule has 54 heavy (non-hydrogen) atoms. The maximum atomic E-state index is 13.1. The molecule has 0 aliphatic heterocycles. The summed E-state index contributed by atoms with van der Waals surface area (Å²) in [6.07, 6.45) is 3.84. The van der Waals surface area contributed by atoms with Crippen LogP contribution >= 0.6 is 0 Å². The van der Waals surface area contributed by atoms with Crippen LogP contribution in [0.15, 0.2) is 0 Å². The Morgan fingerprint density at radius 2 is 0.852 bits per heavy atom. The molecule has 0 aromatic rings. The minimum atomic E-state index is -1.42. The second-order valence-electron chi connectivity index (χ2n) is 15.8. The van der Waals surface area contributed by atoms with E-state index in [1.165, 1.54) is 6.92 Å². The number of alkyl carbamates (subject to hydrolysis) is 4. The fourth-order valence-corrected chi connectivity index (χ4v) is 4.66. The Labute approximate surface area is 323 Å². The molecule has 0 spiro atoms. The molecule has 17 nitrogen and oxygen atoms in total. The van der Waals surface area contributed by atoms with E-state index in [-0.39, 0.29) is 19.8 Å². The van der Waals surface area contributed by atoms with Crippen molar-refractivity contribution in [2.75, 3.05) is 92.8 Å². The molecule has 17 heteroatoms. The molecular weight excluding hydrogens is 702 g/mol. The highest BCUT2D eigenvalue weighted by molar-refractivity contribution is 5.78. The first-order chi connectivity index (χ1) is 25.3. The van der Waals surface area contributed by atoms with Crippen molar-refractivity contribution in [1.82, 2.24) is 31.1 Å². The lowest BCUT2D eigenvalue weighted by atomic mass is 9.93. The van der Waals surface area contributed by atoms with Crippen LogP contribution in [0.3, 0.4) is 0 Å². The van der Waals surface area contributed by atoms with Crippen LogP contribution in [0.1, 0.15) is 99.8 Å². The molecule has 0 atom stereocenters. The third-order valence-corrected chi connectivity index (χ3v) is 7.61. The molecule has 0 saturated carbocycles. The van der Waals surface area contributed by atoms with Gasteiger partial charge in [0.05, 0.1) is 6.61 Å². The molecule has 4 amide bonds. The van der Waals surface area contributed by atoms with Gasteiger partial charge in [0.2, 0.25) is 0 Å². The Hall–Kier alpha value is -3.57. The van der Waals surface area contributed by atoms with Crippen LogP contribution in [0.25, 0.3) is 0 Å². The number of carbonyl (C=O) groups is 5. The normalized spacial score (nSPS) is 11.9. The van der Waals surface area contributed by atoms with Gasteiger partial charge in [-0.3, -0.25) is 4.79 Å². The zero-order chi connectivity index (χ0) is 41.0. The van der Waals surface area contributed by atoms with Gasteiger partial charge in [-0.2, -0.15) is 0 Å². The summed E-state index contributed by atoms with van der Waals surface area (Å²) >= 11 is 0. The van der Waals surface area contributed by atoms with Crippen molar-refractivity contribution in [2.45, 2.75) is 111 Å². The van der Waals surface area contributed by atoms with E-state index in [4.69, 9.17) is 29.4 Å². The molecule has 0 radical (unpaired) electrons. The van der Waals surface area contributed by atoms with Gasteiger partial charge in [-0.25, -0.2) is 19.2 Å². The highest BCUT2D eigenvalue weighted by Gasteiger charge is 2.38. The molecule has 0 aromatic heterocycles. The van der Waals surface area contributed by atoms with Gasteiger partial charge in [-0.05, 0) is 134 Å². The van der Waals surface area contributed by atoms with Gasteiger partial charge in [0.25, 0.3) is 0 Å². The summed E-state index contributed by atoms with van der Waals surface area (Å²) < 4.78 is 26.7. The van der Waals surface area contributed by atoms with E-state index in [2.05, 4.69) is 31.1 Å². The maximum absolute atomic E-state index is 13.1. The van der Waals surface area contributed by atoms with E-state index in [0.717, 1.165) is 45.2 Å². The monoisotopic (exact) mass is 776 g/mol. The number of rotatable bonds is 27. The Kier molecular flexibility index (Phi) is 26.1. The fraction of sp³-hybridized carbons (Fsp3) is 0.865. The van der Waals surface area contributed by atoms with Crippen molar-refractivity contribution in [3.63, 3.8) is 0 Å². The summed E-state index contributed by atoms with van der Waals surface area (Å²) in [4.78, 5) is 65.8. The molecule has 0 aliphatic carbocycles. The van der Waals surface area contributed by atoms with Gasteiger partial charge < -0.3 is 60.5 Å². The number of esters is 1. The summed E-state index contributed by atoms with van der Waals surface area (Å²) in [5.41, 5.74) is 3.03. The first kappa shape index (κ1) is 50.4. The third-order valence-electron chi connectivity index (χ3n) is 7.61. The summed E-state index contributed by atoms with van der Waals surface area (Å²) in [7, 11) is 3.90. The molecule has 0 fully saturated rings. The number of amides is 4. The zero-order valence-electron chi connectivity index (χ0n) is 34.7. The highest BCUT2D eigenvalue weighted by atomic mass is 16.6. The van der Waals surface area contributed by atoms with Crippen LogP contribution in [0, 0.1) is 5.41 Å². The summed E-state index contributed by atoms with van der Waals surface area (Å²) in [6.45, 7) is 17.1. The van der Waals surface area contributed by atoms with E-state index in [1.54, 1.807) is 0 Å². The van der Waals surface area contributed by atoms with E-state index in [0.29, 0.717) is 65.1 Å². The number of hydrogen-bond acceptors (Lipinski definition) is 13. The molecule has 0 rings (SSSR count). The van der Waals surface area contributed by atoms with Crippen LogP contribution in [0.4, 0.5) is 19.2 Å². The lowest BCUT2D eigenvalue weighted by Crippen LogP contribution is -2.43. The van der Waals surface area contributed by atoms with E-state index in [9.17, 15) is 24.0 Å². The van der Waals surface area contributed by atoms with Gasteiger partial charge in [0.1, 0.15) is 29.8 Å². The van der Waals surface area contributed by atoms with Gasteiger partial charge in [0.15, 0.2) is 0 Å². The molecule has 0 unspecified atom stereocenters. The molecule has 316 valence electrons. The first-order valence-electron chi connectivity index (χ1n) is 19.3. The number of carbonyl (C=O) groups excluding carboxylic acids is 5. The number of nitrogens with zero attached hydrogens (tertiary/aromatic N) is 2. The van der Waals surface area contributed by atoms with Crippen molar-refractivity contribution in [3.8, 4) is 0 Å². The predicted octanol–water partition coefficient (Wildman–Crippen LogP) is 3.98. The second-order valence-corrected chi connectivity index (χ2v) is 15.8. The number of ether oxygens (including phenoxy) is 5. The first-order valence-corrected chi connectivity index (χ1v) is 19.3. The zero-order valence-corrected chi connectivity index (χ0v) is 34.7. The van der Waals surface area contributed by atoms with Crippen LogP contribution in [0.2, 0.25) is 0 Å². The lowest BCUT2D eigenvalue weighted by molar-refractivity contribution is -0.160. The Balaban J connectivity index is 4.64. The van der Waals surface area contributed by atoms with Crippen LogP contribution in [-0.4, -0.2) is 144 Å². The molecule has 0 aromatic carbocycles. The van der Waals surface area contributed by atoms with Crippen molar-refractivity contribution in [2.24, 2.45) is 11.1 Å². The largest absolute Gasteiger partial charge is 0.465 e. The third kappa shape index (κ3) is 29.8. The second kappa shape index (κ2) is 27.9. The number of hydrogen-bond donors (Lipinski definition) is 5. The van der Waals surface area contributed by atoms with Crippen molar-refractivity contribution in [1.29, 1.82) is 0 Å². The Morgan fingerprint density at radius 3 is 1.20 bits per heavy atom. The summed E-state index contributed by atoms with van der Waals surface area (Å²) in [5.74, 6) is -0.632. The van der Waals surface area contributed by atoms with Gasteiger partial charge in [0, 0.05) is 26.2 Å². The predicted molar refractivity (Wildman–Crippen MR) is 207 cm³/mol. The van der Waals surface area contributed by atoms with E-state index < -0.39 is 47.0 Å². The fourth-order valence-electron chi connectivity index (χ4n) is 4.66. The molecule has 0 bridgehead atoms. The molecule has 0 heterocycles. The van der Waals surface area contributed by atoms with Crippen LogP contribution < -0.4 is 27.0 Å². The van der Waals surface area contributed by atoms with Gasteiger partial charge in [-0.15, -0.1) is 0 Å². The number of unbranched alkanes of at least 4 members (excludes halogenated alkanes) is 3. The Bertz CT molecular complexity index is 1020. The minimum Gasteiger partial charge on any atom is -0.465 e. The smallest absolute Gasteiger partial charge is 0.407 e. The topological polar surface area (TPSA) is 212 Å². The standard InChI is InChI=1S/C37H73N7O10/c1-35(2,3)53-33(48)41-21-16-25-43(8)23-14-19-39-31(46)51-28-37(7,30(45)50-27-13-11-10-12-18-38)29-52-32(47)40-20-15-24-44(9)26-17-22-42-34(49)54-36(4,5)6/h10-29,38H2,1-9H3,(H,39,46)(H,40,47)(H,41,48)(H,42,49). The van der Waals surface area contributed by atoms with Crippen molar-refractivity contribution >= 4 is 30.3 Å². The molecule has 0 aliphatic rings. The van der Waals surface area contributed by atoms with Crippen molar-refractivity contribution < 1.29 is 47.7 Å². The summed E-state index contributed by atoms with van der Waals surface area (Å²) in [5, 5.41) is 10.8. The molecule has 6 N–H and O–H groups in total. The number of nitrogens with one attached hydrogen (secondary N) is 4. The van der Waals surface area contributed by atoms with Gasteiger partial charge in [-0.1, -0.05) is 12.8 Å². The molecular formula is C37H73N7O10. The van der Waals surface area contributed by atoms with E-state index in [1.807, 2.05) is 55.6 Å². The van der Waals surface area contributed by atoms with Crippen LogP contribution in [-0.2, 0) is 28.5 Å². The number of nitrogens with two attached hydrogens (primary N) is 1. The average Bonchev–Trinajstić information content (AvgIpc) is 3.07. The van der Waals surface area contributed by atoms with Crippen molar-refractivity contribution in [3.05, 3.63) is 0 Å². The maximum Gasteiger partial charge on any atom is 0.407 e. The minimum absolute atomic E-state index is 0.187. The SMILES string of the molecule is CN(CCCNC(=O)OCC(C)(COC(=O)NCCCN(C)CCCNC(=O)OC(C)(C)C)C(=O)OCCCCCCN)CCCNC(=O)OC(C)(C)C. The lowest BCUT2D eigenvalue weighted by Gasteiger charge is -2.26. The highest BCUT2D eigenvalue weighted by Crippen LogP contribution is 2.21. The van der Waals surface area contributed by atoms with E-state index >= 15 is 0 Å².